The highest BCUT2D eigenvalue weighted by molar-refractivity contribution is 7.99. The molecule has 0 saturated carbocycles. The number of aliphatic hydroxyl groups excluding tert-OH is 1. The average molecular weight is 566 g/mol. The number of rotatable bonds is 11. The van der Waals surface area contributed by atoms with E-state index in [-0.39, 0.29) is 37.9 Å². The van der Waals surface area contributed by atoms with Gasteiger partial charge in [0.15, 0.2) is 6.29 Å². The molecule has 1 aliphatic rings. The molecule has 0 aliphatic carbocycles. The van der Waals surface area contributed by atoms with E-state index in [1.165, 1.54) is 0 Å². The summed E-state index contributed by atoms with van der Waals surface area (Å²) in [6, 6.07) is 20.9. The maximum Gasteiger partial charge on any atom is 0.325 e. The Hall–Kier alpha value is -3.44. The molecule has 2 amide bonds. The third kappa shape index (κ3) is 8.28. The molecule has 1 fully saturated rings. The molecule has 1 aromatic heterocycles. The highest BCUT2D eigenvalue weighted by atomic mass is 32.2. The van der Waals surface area contributed by atoms with Crippen molar-refractivity contribution >= 4 is 23.8 Å². The van der Waals surface area contributed by atoms with E-state index in [2.05, 4.69) is 22.5 Å². The summed E-state index contributed by atoms with van der Waals surface area (Å²) in [5, 5.41) is 15.6. The lowest BCUT2D eigenvalue weighted by molar-refractivity contribution is -0.268. The number of hydrogen-bond donors (Lipinski definition) is 3. The number of carbonyl (C=O) groups excluding carboxylic acids is 2. The second-order valence-corrected chi connectivity index (χ2v) is 10.4. The van der Waals surface area contributed by atoms with Crippen LogP contribution in [0.25, 0.3) is 0 Å². The highest BCUT2D eigenvalue weighted by Crippen LogP contribution is 2.42. The molecule has 0 bridgehead atoms. The fraction of sp³-hybridized carbons (Fsp3) is 0.367. The van der Waals surface area contributed by atoms with Gasteiger partial charge in [-0.2, -0.15) is 0 Å². The summed E-state index contributed by atoms with van der Waals surface area (Å²) < 4.78 is 17.8. The number of aliphatic hydroxyl groups is 1. The number of ether oxygens (including phenoxy) is 3. The van der Waals surface area contributed by atoms with Crippen molar-refractivity contribution in [2.24, 2.45) is 5.92 Å². The van der Waals surface area contributed by atoms with Crippen LogP contribution in [0.3, 0.4) is 0 Å². The lowest BCUT2D eigenvalue weighted by Crippen LogP contribution is -2.39. The molecule has 212 valence electrons. The van der Waals surface area contributed by atoms with Crippen molar-refractivity contribution in [1.29, 1.82) is 0 Å². The van der Waals surface area contributed by atoms with Gasteiger partial charge in [-0.15, -0.1) is 11.8 Å². The van der Waals surface area contributed by atoms with Gasteiger partial charge in [-0.1, -0.05) is 61.5 Å². The van der Waals surface area contributed by atoms with E-state index in [4.69, 9.17) is 14.2 Å². The van der Waals surface area contributed by atoms with Crippen molar-refractivity contribution in [2.45, 2.75) is 50.5 Å². The summed E-state index contributed by atoms with van der Waals surface area (Å²) in [6.07, 6.45) is 0.900. The van der Waals surface area contributed by atoms with Crippen molar-refractivity contribution in [3.63, 3.8) is 0 Å². The number of aromatic nitrogens is 1. The number of esters is 1. The van der Waals surface area contributed by atoms with Crippen LogP contribution < -0.4 is 10.6 Å². The third-order valence-corrected chi connectivity index (χ3v) is 7.59. The molecule has 4 rings (SSSR count). The second-order valence-electron chi connectivity index (χ2n) is 9.38. The number of amides is 2. The number of pyridine rings is 1. The third-order valence-electron chi connectivity index (χ3n) is 6.56. The first-order chi connectivity index (χ1) is 19.5. The number of nitrogens with one attached hydrogen (secondary N) is 2. The van der Waals surface area contributed by atoms with Gasteiger partial charge in [-0.25, -0.2) is 9.78 Å². The molecule has 0 radical (unpaired) electrons. The summed E-state index contributed by atoms with van der Waals surface area (Å²) in [5.41, 5.74) is 3.63. The summed E-state index contributed by atoms with van der Waals surface area (Å²) >= 11 is 1.65. The maximum atomic E-state index is 12.0. The Balaban J connectivity index is 1.42. The Bertz CT molecular complexity index is 1230. The van der Waals surface area contributed by atoms with Crippen LogP contribution >= 0.6 is 11.8 Å². The molecule has 2 heterocycles. The largest absolute Gasteiger partial charge is 0.465 e. The zero-order valence-electron chi connectivity index (χ0n) is 22.6. The van der Waals surface area contributed by atoms with Crippen molar-refractivity contribution in [2.75, 3.05) is 18.9 Å². The minimum absolute atomic E-state index is 0.00923. The van der Waals surface area contributed by atoms with Crippen LogP contribution in [-0.4, -0.2) is 47.1 Å². The van der Waals surface area contributed by atoms with Crippen molar-refractivity contribution in [3.05, 3.63) is 95.2 Å². The molecule has 40 heavy (non-hydrogen) atoms. The topological polar surface area (TPSA) is 119 Å². The Morgan fingerprint density at radius 3 is 2.38 bits per heavy atom. The smallest absolute Gasteiger partial charge is 0.325 e. The SMILES string of the molecule is CCOC(=O)CNC(=O)NCc1ccc(C2OC(CSc3ccccn3)C(C)C(c3ccc(CO)cc3)O2)cc1. The predicted molar refractivity (Wildman–Crippen MR) is 151 cm³/mol. The van der Waals surface area contributed by atoms with Crippen LogP contribution in [0, 0.1) is 5.92 Å². The number of carbonyl (C=O) groups is 2. The molecule has 2 aromatic carbocycles. The van der Waals surface area contributed by atoms with Gasteiger partial charge in [0.1, 0.15) is 6.54 Å². The molecule has 9 nitrogen and oxygen atoms in total. The Kier molecular flexibility index (Phi) is 10.9. The number of nitrogens with zero attached hydrogens (tertiary/aromatic N) is 1. The van der Waals surface area contributed by atoms with Gasteiger partial charge in [-0.05, 0) is 35.7 Å². The fourth-order valence-corrected chi connectivity index (χ4v) is 5.34. The van der Waals surface area contributed by atoms with Gasteiger partial charge in [0.2, 0.25) is 0 Å². The van der Waals surface area contributed by atoms with E-state index >= 15 is 0 Å². The Morgan fingerprint density at radius 1 is 0.975 bits per heavy atom. The van der Waals surface area contributed by atoms with E-state index in [1.54, 1.807) is 24.9 Å². The quantitative estimate of drug-likeness (QED) is 0.229. The molecular weight excluding hydrogens is 530 g/mol. The van der Waals surface area contributed by atoms with Gasteiger partial charge in [0.05, 0.1) is 30.4 Å². The zero-order valence-corrected chi connectivity index (χ0v) is 23.4. The molecule has 3 N–H and O–H groups in total. The molecule has 10 heteroatoms. The number of thioether (sulfide) groups is 1. The van der Waals surface area contributed by atoms with Gasteiger partial charge in [0.25, 0.3) is 0 Å². The minimum atomic E-state index is -0.581. The first-order valence-electron chi connectivity index (χ1n) is 13.3. The van der Waals surface area contributed by atoms with Gasteiger partial charge in [-0.3, -0.25) is 4.79 Å². The first-order valence-corrected chi connectivity index (χ1v) is 14.3. The summed E-state index contributed by atoms with van der Waals surface area (Å²) in [5.74, 6) is 0.304. The van der Waals surface area contributed by atoms with Crippen LogP contribution in [0.15, 0.2) is 78.0 Å². The normalized spacial score (nSPS) is 20.5. The van der Waals surface area contributed by atoms with Crippen molar-refractivity contribution in [1.82, 2.24) is 15.6 Å². The van der Waals surface area contributed by atoms with Crippen LogP contribution in [0.1, 0.15) is 48.5 Å². The van der Waals surface area contributed by atoms with E-state index in [1.807, 2.05) is 66.7 Å². The van der Waals surface area contributed by atoms with Crippen LogP contribution in [-0.2, 0) is 32.2 Å². The highest BCUT2D eigenvalue weighted by Gasteiger charge is 2.38. The molecule has 0 spiro atoms. The van der Waals surface area contributed by atoms with Crippen LogP contribution in [0.2, 0.25) is 0 Å². The van der Waals surface area contributed by atoms with Gasteiger partial charge in [0, 0.05) is 30.0 Å². The Morgan fingerprint density at radius 2 is 1.70 bits per heavy atom. The summed E-state index contributed by atoms with van der Waals surface area (Å²) in [4.78, 5) is 27.8. The van der Waals surface area contributed by atoms with Crippen molar-refractivity contribution < 1.29 is 28.9 Å². The first kappa shape index (κ1) is 29.5. The zero-order chi connectivity index (χ0) is 28.3. The second kappa shape index (κ2) is 14.8. The van der Waals surface area contributed by atoms with Gasteiger partial charge < -0.3 is 30.0 Å². The van der Waals surface area contributed by atoms with E-state index < -0.39 is 18.3 Å². The fourth-order valence-electron chi connectivity index (χ4n) is 4.31. The van der Waals surface area contributed by atoms with Crippen LogP contribution in [0.5, 0.6) is 0 Å². The van der Waals surface area contributed by atoms with E-state index in [0.29, 0.717) is 12.3 Å². The minimum Gasteiger partial charge on any atom is -0.465 e. The monoisotopic (exact) mass is 565 g/mol. The number of hydrogen-bond acceptors (Lipinski definition) is 8. The Labute approximate surface area is 238 Å². The average Bonchev–Trinajstić information content (AvgIpc) is 2.99. The summed E-state index contributed by atoms with van der Waals surface area (Å²) in [7, 11) is 0. The van der Waals surface area contributed by atoms with Gasteiger partial charge >= 0.3 is 12.0 Å². The molecule has 1 saturated heterocycles. The standard InChI is InChI=1S/C30H35N3O6S/c1-3-37-27(35)17-33-30(36)32-16-21-7-13-24(14-8-21)29-38-25(19-40-26-6-4-5-15-31-26)20(2)28(39-29)23-11-9-22(18-34)10-12-23/h4-15,20,25,28-29,34H,3,16-19H2,1-2H3,(H2,32,33,36). The molecular formula is C30H35N3O6S. The molecule has 3 aromatic rings. The number of urea groups is 1. The number of benzene rings is 2. The van der Waals surface area contributed by atoms with Crippen molar-refractivity contribution in [3.8, 4) is 0 Å². The lowest BCUT2D eigenvalue weighted by Gasteiger charge is -2.41. The summed E-state index contributed by atoms with van der Waals surface area (Å²) in [6.45, 7) is 4.21. The molecule has 4 atom stereocenters. The van der Waals surface area contributed by atoms with E-state index in [9.17, 15) is 14.7 Å². The van der Waals surface area contributed by atoms with Crippen LogP contribution in [0.4, 0.5) is 4.79 Å². The maximum absolute atomic E-state index is 12.0. The predicted octanol–water partition coefficient (Wildman–Crippen LogP) is 4.52. The molecule has 1 aliphatic heterocycles. The lowest BCUT2D eigenvalue weighted by atomic mass is 9.91. The van der Waals surface area contributed by atoms with E-state index in [0.717, 1.165) is 27.3 Å². The molecule has 4 unspecified atom stereocenters.